The highest BCUT2D eigenvalue weighted by molar-refractivity contribution is 6.31. The molecule has 0 saturated carbocycles. The number of carbonyl (C=O) groups is 1. The van der Waals surface area contributed by atoms with Crippen molar-refractivity contribution in [2.45, 2.75) is 13.8 Å². The monoisotopic (exact) mass is 265 g/mol. The zero-order valence-corrected chi connectivity index (χ0v) is 11.2. The standard InChI is InChI=1S/C13H16ClN3O/c1-3-17(8-9(2)7-15)13(18)11-6-10(14)4-5-12(11)16/h4-6,9H,3,8,16H2,1-2H3. The van der Waals surface area contributed by atoms with Crippen LogP contribution in [0.15, 0.2) is 18.2 Å². The van der Waals surface area contributed by atoms with E-state index in [1.165, 1.54) is 0 Å². The summed E-state index contributed by atoms with van der Waals surface area (Å²) < 4.78 is 0. The Labute approximate surface area is 112 Å². The van der Waals surface area contributed by atoms with Crippen LogP contribution in [0, 0.1) is 17.2 Å². The van der Waals surface area contributed by atoms with Gasteiger partial charge in [0.1, 0.15) is 0 Å². The van der Waals surface area contributed by atoms with E-state index >= 15 is 0 Å². The number of nitrogens with zero attached hydrogens (tertiary/aromatic N) is 2. The number of hydrogen-bond donors (Lipinski definition) is 1. The van der Waals surface area contributed by atoms with E-state index < -0.39 is 0 Å². The lowest BCUT2D eigenvalue weighted by Gasteiger charge is -2.22. The van der Waals surface area contributed by atoms with Gasteiger partial charge < -0.3 is 10.6 Å². The number of hydrogen-bond acceptors (Lipinski definition) is 3. The topological polar surface area (TPSA) is 70.1 Å². The van der Waals surface area contributed by atoms with E-state index in [9.17, 15) is 4.79 Å². The predicted octanol–water partition coefficient (Wildman–Crippen LogP) is 2.54. The molecule has 0 saturated heterocycles. The van der Waals surface area contributed by atoms with Crippen molar-refractivity contribution in [2.24, 2.45) is 5.92 Å². The molecule has 0 aromatic heterocycles. The Morgan fingerprint density at radius 3 is 2.83 bits per heavy atom. The first kappa shape index (κ1) is 14.3. The molecule has 5 heteroatoms. The quantitative estimate of drug-likeness (QED) is 0.851. The largest absolute Gasteiger partial charge is 0.398 e. The number of nitrogen functional groups attached to an aromatic ring is 1. The van der Waals surface area contributed by atoms with Gasteiger partial charge in [0.05, 0.1) is 17.6 Å². The van der Waals surface area contributed by atoms with Gasteiger partial charge in [0.25, 0.3) is 5.91 Å². The van der Waals surface area contributed by atoms with Crippen molar-refractivity contribution < 1.29 is 4.79 Å². The van der Waals surface area contributed by atoms with E-state index in [1.54, 1.807) is 30.0 Å². The molecule has 0 spiro atoms. The fourth-order valence-electron chi connectivity index (χ4n) is 1.61. The molecule has 0 fully saturated rings. The van der Waals surface area contributed by atoms with E-state index in [-0.39, 0.29) is 11.8 Å². The van der Waals surface area contributed by atoms with Crippen LogP contribution in [0.2, 0.25) is 5.02 Å². The third-order valence-corrected chi connectivity index (χ3v) is 2.86. The van der Waals surface area contributed by atoms with Crippen LogP contribution in [0.25, 0.3) is 0 Å². The van der Waals surface area contributed by atoms with Crippen LogP contribution in [0.5, 0.6) is 0 Å². The van der Waals surface area contributed by atoms with Gasteiger partial charge in [0.2, 0.25) is 0 Å². The fourth-order valence-corrected chi connectivity index (χ4v) is 1.78. The van der Waals surface area contributed by atoms with Gasteiger partial charge in [-0.3, -0.25) is 4.79 Å². The summed E-state index contributed by atoms with van der Waals surface area (Å²) in [4.78, 5) is 13.9. The van der Waals surface area contributed by atoms with Gasteiger partial charge in [-0.25, -0.2) is 0 Å². The van der Waals surface area contributed by atoms with Gasteiger partial charge in [0, 0.05) is 23.8 Å². The molecular weight excluding hydrogens is 250 g/mol. The number of benzene rings is 1. The third kappa shape index (κ3) is 3.38. The Morgan fingerprint density at radius 1 is 1.61 bits per heavy atom. The smallest absolute Gasteiger partial charge is 0.256 e. The average Bonchev–Trinajstić information content (AvgIpc) is 2.37. The van der Waals surface area contributed by atoms with Crippen molar-refractivity contribution in [3.05, 3.63) is 28.8 Å². The van der Waals surface area contributed by atoms with Crippen LogP contribution < -0.4 is 5.73 Å². The van der Waals surface area contributed by atoms with Crippen molar-refractivity contribution >= 4 is 23.2 Å². The van der Waals surface area contributed by atoms with E-state index in [4.69, 9.17) is 22.6 Å². The number of rotatable bonds is 4. The Morgan fingerprint density at radius 2 is 2.28 bits per heavy atom. The molecule has 2 N–H and O–H groups in total. The Balaban J connectivity index is 2.97. The Bertz CT molecular complexity index is 482. The van der Waals surface area contributed by atoms with Crippen LogP contribution >= 0.6 is 11.6 Å². The number of nitrogens with two attached hydrogens (primary N) is 1. The minimum absolute atomic E-state index is 0.195. The molecule has 1 unspecified atom stereocenters. The number of nitriles is 1. The van der Waals surface area contributed by atoms with Crippen molar-refractivity contribution in [2.75, 3.05) is 18.8 Å². The maximum absolute atomic E-state index is 12.3. The molecular formula is C13H16ClN3O. The lowest BCUT2D eigenvalue weighted by atomic mass is 10.1. The molecule has 1 amide bonds. The highest BCUT2D eigenvalue weighted by Gasteiger charge is 2.19. The molecule has 1 aromatic rings. The summed E-state index contributed by atoms with van der Waals surface area (Å²) in [6.07, 6.45) is 0. The normalized spacial score (nSPS) is 11.7. The summed E-state index contributed by atoms with van der Waals surface area (Å²) in [7, 11) is 0. The highest BCUT2D eigenvalue weighted by Crippen LogP contribution is 2.20. The molecule has 0 radical (unpaired) electrons. The summed E-state index contributed by atoms with van der Waals surface area (Å²) in [6, 6.07) is 6.91. The predicted molar refractivity (Wildman–Crippen MR) is 72.2 cm³/mol. The van der Waals surface area contributed by atoms with Gasteiger partial charge in [0.15, 0.2) is 0 Å². The minimum atomic E-state index is -0.214. The van der Waals surface area contributed by atoms with Crippen LogP contribution in [0.3, 0.4) is 0 Å². The summed E-state index contributed by atoms with van der Waals surface area (Å²) in [5.41, 5.74) is 6.55. The van der Waals surface area contributed by atoms with Gasteiger partial charge in [-0.2, -0.15) is 5.26 Å². The average molecular weight is 266 g/mol. The maximum Gasteiger partial charge on any atom is 0.256 e. The lowest BCUT2D eigenvalue weighted by Crippen LogP contribution is -2.34. The molecule has 0 aliphatic carbocycles. The van der Waals surface area contributed by atoms with E-state index in [1.807, 2.05) is 6.92 Å². The highest BCUT2D eigenvalue weighted by atomic mass is 35.5. The number of carbonyl (C=O) groups excluding carboxylic acids is 1. The summed E-state index contributed by atoms with van der Waals surface area (Å²) in [5.74, 6) is -0.408. The van der Waals surface area contributed by atoms with Crippen molar-refractivity contribution in [1.82, 2.24) is 4.90 Å². The zero-order chi connectivity index (χ0) is 13.7. The molecule has 0 heterocycles. The van der Waals surface area contributed by atoms with Crippen molar-refractivity contribution in [3.63, 3.8) is 0 Å². The maximum atomic E-state index is 12.3. The molecule has 1 aromatic carbocycles. The summed E-state index contributed by atoms with van der Waals surface area (Å²) in [6.45, 7) is 4.55. The second-order valence-corrected chi connectivity index (χ2v) is 4.54. The lowest BCUT2D eigenvalue weighted by molar-refractivity contribution is 0.0754. The van der Waals surface area contributed by atoms with Crippen molar-refractivity contribution in [1.29, 1.82) is 5.26 Å². The van der Waals surface area contributed by atoms with Crippen LogP contribution in [-0.2, 0) is 0 Å². The van der Waals surface area contributed by atoms with E-state index in [2.05, 4.69) is 6.07 Å². The minimum Gasteiger partial charge on any atom is -0.398 e. The van der Waals surface area contributed by atoms with Gasteiger partial charge in [-0.05, 0) is 32.0 Å². The molecule has 4 nitrogen and oxygen atoms in total. The summed E-state index contributed by atoms with van der Waals surface area (Å²) >= 11 is 5.86. The molecule has 18 heavy (non-hydrogen) atoms. The van der Waals surface area contributed by atoms with E-state index in [0.29, 0.717) is 29.4 Å². The molecule has 0 aliphatic heterocycles. The van der Waals surface area contributed by atoms with Gasteiger partial charge in [-0.1, -0.05) is 11.6 Å². The van der Waals surface area contributed by atoms with Crippen LogP contribution in [0.1, 0.15) is 24.2 Å². The SMILES string of the molecule is CCN(CC(C)C#N)C(=O)c1cc(Cl)ccc1N. The van der Waals surface area contributed by atoms with Crippen molar-refractivity contribution in [3.8, 4) is 6.07 Å². The van der Waals surface area contributed by atoms with Crippen LogP contribution in [-0.4, -0.2) is 23.9 Å². The molecule has 1 atom stereocenters. The first-order valence-corrected chi connectivity index (χ1v) is 6.11. The van der Waals surface area contributed by atoms with Gasteiger partial charge in [-0.15, -0.1) is 0 Å². The second-order valence-electron chi connectivity index (χ2n) is 4.11. The van der Waals surface area contributed by atoms with Gasteiger partial charge >= 0.3 is 0 Å². The molecule has 96 valence electrons. The molecule has 1 rings (SSSR count). The number of amides is 1. The van der Waals surface area contributed by atoms with E-state index in [0.717, 1.165) is 0 Å². The Hall–Kier alpha value is -1.73. The number of halogens is 1. The third-order valence-electron chi connectivity index (χ3n) is 2.63. The number of anilines is 1. The first-order chi connectivity index (χ1) is 8.49. The Kier molecular flexibility index (Phi) is 4.99. The molecule has 0 bridgehead atoms. The summed E-state index contributed by atoms with van der Waals surface area (Å²) in [5, 5.41) is 9.27. The second kappa shape index (κ2) is 6.27. The molecule has 0 aliphatic rings. The zero-order valence-electron chi connectivity index (χ0n) is 10.5. The fraction of sp³-hybridized carbons (Fsp3) is 0.385. The first-order valence-electron chi connectivity index (χ1n) is 5.73. The van der Waals surface area contributed by atoms with Crippen LogP contribution in [0.4, 0.5) is 5.69 Å².